The Hall–Kier alpha value is -1.69. The van der Waals surface area contributed by atoms with E-state index in [-0.39, 0.29) is 0 Å². The zero-order chi connectivity index (χ0) is 9.26. The van der Waals surface area contributed by atoms with Crippen LogP contribution in [-0.4, -0.2) is 18.6 Å². The number of rotatable bonds is 1. The SMILES string of the molecule is Cc1cccc(N2CN(C)C#[N+]2)c1. The van der Waals surface area contributed by atoms with E-state index in [1.165, 1.54) is 5.56 Å². The standard InChI is InChI=1S/C10H12N3/c1-9-4-3-5-10(6-9)13-8-12(2)7-11-13/h3-6H,8H2,1-2H3/q+1. The molecule has 0 radical (unpaired) electrons. The van der Waals surface area contributed by atoms with Gasteiger partial charge in [-0.05, 0) is 29.6 Å². The van der Waals surface area contributed by atoms with Crippen LogP contribution < -0.4 is 5.01 Å². The third kappa shape index (κ3) is 1.57. The van der Waals surface area contributed by atoms with E-state index in [0.29, 0.717) is 0 Å². The number of aryl methyl sites for hydroxylation is 1. The predicted molar refractivity (Wildman–Crippen MR) is 53.5 cm³/mol. The highest BCUT2D eigenvalue weighted by Gasteiger charge is 2.21. The summed E-state index contributed by atoms with van der Waals surface area (Å²) in [5.74, 6) is 0. The molecule has 3 heteroatoms. The molecule has 0 atom stereocenters. The molecule has 0 saturated carbocycles. The van der Waals surface area contributed by atoms with Crippen LogP contribution in [-0.2, 0) is 0 Å². The molecule has 2 rings (SSSR count). The summed E-state index contributed by atoms with van der Waals surface area (Å²) in [4.78, 5) is 6.06. The Bertz CT molecular complexity index is 375. The Labute approximate surface area is 78.0 Å². The number of anilines is 1. The number of benzene rings is 1. The highest BCUT2D eigenvalue weighted by atomic mass is 15.5. The summed E-state index contributed by atoms with van der Waals surface area (Å²) >= 11 is 0. The van der Waals surface area contributed by atoms with Crippen LogP contribution in [0.3, 0.4) is 0 Å². The summed E-state index contributed by atoms with van der Waals surface area (Å²) in [6, 6.07) is 8.29. The smallest absolute Gasteiger partial charge is 0.187 e. The van der Waals surface area contributed by atoms with E-state index < -0.39 is 0 Å². The summed E-state index contributed by atoms with van der Waals surface area (Å²) in [5, 5.41) is 1.92. The second-order valence-corrected chi connectivity index (χ2v) is 3.28. The Morgan fingerprint density at radius 3 is 2.92 bits per heavy atom. The quantitative estimate of drug-likeness (QED) is 0.602. The molecule has 1 heterocycles. The van der Waals surface area contributed by atoms with Gasteiger partial charge in [-0.1, -0.05) is 17.1 Å². The molecule has 0 amide bonds. The van der Waals surface area contributed by atoms with Gasteiger partial charge in [0.1, 0.15) is 0 Å². The zero-order valence-electron chi connectivity index (χ0n) is 7.86. The lowest BCUT2D eigenvalue weighted by molar-refractivity contribution is 0.514. The Balaban J connectivity index is 2.24. The first-order valence-electron chi connectivity index (χ1n) is 4.27. The van der Waals surface area contributed by atoms with E-state index in [2.05, 4.69) is 36.3 Å². The number of hydrogen-bond acceptors (Lipinski definition) is 2. The molecule has 0 spiro atoms. The van der Waals surface area contributed by atoms with Gasteiger partial charge in [0.25, 0.3) is 0 Å². The van der Waals surface area contributed by atoms with Crippen molar-refractivity contribution >= 4 is 5.69 Å². The molecule has 0 aromatic heterocycles. The number of nitrogens with zero attached hydrogens (tertiary/aromatic N) is 3. The average Bonchev–Trinajstić information content (AvgIpc) is 2.52. The largest absolute Gasteiger partial charge is 0.410 e. The van der Waals surface area contributed by atoms with Gasteiger partial charge in [0.2, 0.25) is 6.67 Å². The molecule has 66 valence electrons. The molecule has 13 heavy (non-hydrogen) atoms. The van der Waals surface area contributed by atoms with Crippen LogP contribution in [0.4, 0.5) is 5.69 Å². The molecule has 0 bridgehead atoms. The highest BCUT2D eigenvalue weighted by molar-refractivity contribution is 5.50. The third-order valence-electron chi connectivity index (χ3n) is 1.98. The van der Waals surface area contributed by atoms with Gasteiger partial charge in [-0.15, -0.1) is 0 Å². The van der Waals surface area contributed by atoms with E-state index in [0.717, 1.165) is 12.4 Å². The lowest BCUT2D eigenvalue weighted by atomic mass is 10.2. The molecule has 0 aliphatic carbocycles. The van der Waals surface area contributed by atoms with E-state index in [1.807, 2.05) is 23.0 Å². The molecule has 1 aromatic carbocycles. The monoisotopic (exact) mass is 174 g/mol. The van der Waals surface area contributed by atoms with Crippen molar-refractivity contribution in [3.63, 3.8) is 0 Å². The maximum Gasteiger partial charge on any atom is 0.410 e. The topological polar surface area (TPSA) is 10.8 Å². The molecular formula is C10H12N3+. The first kappa shape index (κ1) is 7.93. The predicted octanol–water partition coefficient (Wildman–Crippen LogP) is 1.91. The fraction of sp³-hybridized carbons (Fsp3) is 0.300. The van der Waals surface area contributed by atoms with E-state index in [4.69, 9.17) is 0 Å². The molecule has 0 N–H and O–H groups in total. The summed E-state index contributed by atoms with van der Waals surface area (Å²) in [7, 11) is 1.96. The molecule has 1 aliphatic heterocycles. The Morgan fingerprint density at radius 2 is 2.31 bits per heavy atom. The minimum atomic E-state index is 0.781. The van der Waals surface area contributed by atoms with Gasteiger partial charge in [-0.2, -0.15) is 4.90 Å². The molecular weight excluding hydrogens is 162 g/mol. The molecule has 0 unspecified atom stereocenters. The lowest BCUT2D eigenvalue weighted by Gasteiger charge is -2.06. The van der Waals surface area contributed by atoms with Crippen molar-refractivity contribution in [3.8, 4) is 6.19 Å². The Morgan fingerprint density at radius 1 is 1.46 bits per heavy atom. The van der Waals surface area contributed by atoms with E-state index in [9.17, 15) is 0 Å². The molecule has 0 fully saturated rings. The van der Waals surface area contributed by atoms with Gasteiger partial charge < -0.3 is 0 Å². The zero-order valence-corrected chi connectivity index (χ0v) is 7.86. The maximum atomic E-state index is 4.14. The van der Waals surface area contributed by atoms with Crippen molar-refractivity contribution in [2.45, 2.75) is 6.92 Å². The average molecular weight is 174 g/mol. The van der Waals surface area contributed by atoms with Gasteiger partial charge in [0, 0.05) is 0 Å². The first-order chi connectivity index (χ1) is 6.25. The first-order valence-corrected chi connectivity index (χ1v) is 4.27. The number of hydrogen-bond donors (Lipinski definition) is 0. The second kappa shape index (κ2) is 2.98. The van der Waals surface area contributed by atoms with Crippen LogP contribution in [0.2, 0.25) is 0 Å². The fourth-order valence-electron chi connectivity index (χ4n) is 1.32. The van der Waals surface area contributed by atoms with Gasteiger partial charge in [-0.3, -0.25) is 0 Å². The second-order valence-electron chi connectivity index (χ2n) is 3.28. The Kier molecular flexibility index (Phi) is 1.82. The van der Waals surface area contributed by atoms with Crippen LogP contribution in [0, 0.1) is 13.1 Å². The van der Waals surface area contributed by atoms with Crippen molar-refractivity contribution in [2.24, 2.45) is 0 Å². The third-order valence-corrected chi connectivity index (χ3v) is 1.98. The van der Waals surface area contributed by atoms with Gasteiger partial charge >= 0.3 is 6.19 Å². The van der Waals surface area contributed by atoms with Gasteiger partial charge in [-0.25, -0.2) is 0 Å². The summed E-state index contributed by atoms with van der Waals surface area (Å²) in [6.45, 7) is 2.86. The van der Waals surface area contributed by atoms with Crippen molar-refractivity contribution in [3.05, 3.63) is 34.8 Å². The van der Waals surface area contributed by atoms with Crippen LogP contribution in [0.5, 0.6) is 0 Å². The van der Waals surface area contributed by atoms with Crippen molar-refractivity contribution in [1.82, 2.24) is 4.90 Å². The minimum absolute atomic E-state index is 0.781. The summed E-state index contributed by atoms with van der Waals surface area (Å²) < 4.78 is 0. The van der Waals surface area contributed by atoms with Crippen LogP contribution in [0.25, 0.3) is 4.95 Å². The van der Waals surface area contributed by atoms with E-state index >= 15 is 0 Å². The van der Waals surface area contributed by atoms with Crippen LogP contribution >= 0.6 is 0 Å². The van der Waals surface area contributed by atoms with Gasteiger partial charge in [0.05, 0.1) is 12.7 Å². The molecule has 1 aromatic rings. The van der Waals surface area contributed by atoms with E-state index in [1.54, 1.807) is 0 Å². The lowest BCUT2D eigenvalue weighted by Crippen LogP contribution is -2.22. The molecule has 0 saturated heterocycles. The molecule has 1 aliphatic rings. The fourth-order valence-corrected chi connectivity index (χ4v) is 1.32. The van der Waals surface area contributed by atoms with Crippen molar-refractivity contribution in [2.75, 3.05) is 18.7 Å². The van der Waals surface area contributed by atoms with Crippen LogP contribution in [0.1, 0.15) is 5.56 Å². The van der Waals surface area contributed by atoms with Crippen molar-refractivity contribution in [1.29, 1.82) is 0 Å². The van der Waals surface area contributed by atoms with Crippen molar-refractivity contribution < 1.29 is 0 Å². The summed E-state index contributed by atoms with van der Waals surface area (Å²) in [6.07, 6.45) is 2.87. The highest BCUT2D eigenvalue weighted by Crippen LogP contribution is 2.18. The van der Waals surface area contributed by atoms with Gasteiger partial charge in [0.15, 0.2) is 0 Å². The minimum Gasteiger partial charge on any atom is -0.187 e. The van der Waals surface area contributed by atoms with Crippen LogP contribution in [0.15, 0.2) is 24.3 Å². The molecule has 3 nitrogen and oxygen atoms in total. The summed E-state index contributed by atoms with van der Waals surface area (Å²) in [5.41, 5.74) is 2.37. The normalized spacial score (nSPS) is 14.3. The maximum absolute atomic E-state index is 4.14.